The van der Waals surface area contributed by atoms with Crippen LogP contribution >= 0.6 is 0 Å². The maximum atomic E-state index is 13.4. The van der Waals surface area contributed by atoms with Gasteiger partial charge in [0.15, 0.2) is 0 Å². The minimum Gasteiger partial charge on any atom is -0.285 e. The van der Waals surface area contributed by atoms with Gasteiger partial charge in [-0.3, -0.25) is 24.2 Å². The van der Waals surface area contributed by atoms with E-state index in [0.717, 1.165) is 11.3 Å². The van der Waals surface area contributed by atoms with Gasteiger partial charge < -0.3 is 0 Å². The van der Waals surface area contributed by atoms with Crippen molar-refractivity contribution in [3.63, 3.8) is 0 Å². The summed E-state index contributed by atoms with van der Waals surface area (Å²) < 4.78 is 40.2. The lowest BCUT2D eigenvalue weighted by Gasteiger charge is -2.37. The molecule has 1 saturated heterocycles. The molecule has 6 atom stereocenters. The summed E-state index contributed by atoms with van der Waals surface area (Å²) in [5, 5.41) is 0. The Morgan fingerprint density at radius 2 is 1.53 bits per heavy atom. The molecule has 4 aliphatic carbocycles. The van der Waals surface area contributed by atoms with Gasteiger partial charge in [-0.1, -0.05) is 30.4 Å². The Morgan fingerprint density at radius 1 is 1.03 bits per heavy atom. The van der Waals surface area contributed by atoms with Crippen LogP contribution in [0.4, 0.5) is 18.9 Å². The van der Waals surface area contributed by atoms with Gasteiger partial charge >= 0.3 is 12.1 Å². The van der Waals surface area contributed by atoms with Crippen LogP contribution in [-0.2, 0) is 14.4 Å². The zero-order chi connectivity index (χ0) is 21.5. The Bertz CT molecular complexity index is 946. The molecular weight excluding hydrogens is 397 g/mol. The monoisotopic (exact) mass is 418 g/mol. The van der Waals surface area contributed by atoms with E-state index in [1.165, 1.54) is 0 Å². The molecule has 1 aromatic rings. The summed E-state index contributed by atoms with van der Waals surface area (Å²) in [5.74, 6) is -3.30. The largest absolute Gasteiger partial charge is 0.471 e. The van der Waals surface area contributed by atoms with Crippen molar-refractivity contribution in [1.82, 2.24) is 4.90 Å². The maximum absolute atomic E-state index is 13.4. The Morgan fingerprint density at radius 3 is 2.00 bits per heavy atom. The van der Waals surface area contributed by atoms with Crippen molar-refractivity contribution in [3.8, 4) is 0 Å². The van der Waals surface area contributed by atoms with Crippen LogP contribution in [0.5, 0.6) is 0 Å². The fraction of sp³-hybridized carbons (Fsp3) is 0.500. The van der Waals surface area contributed by atoms with Crippen molar-refractivity contribution < 1.29 is 27.6 Å². The fourth-order valence-corrected chi connectivity index (χ4v) is 5.92. The number of hydrogen-bond acceptors (Lipinski definition) is 3. The Labute approximate surface area is 171 Å². The fourth-order valence-electron chi connectivity index (χ4n) is 5.92. The topological polar surface area (TPSA) is 57.7 Å². The molecule has 2 bridgehead atoms. The Balaban J connectivity index is 1.51. The van der Waals surface area contributed by atoms with E-state index in [2.05, 4.69) is 0 Å². The molecule has 2 saturated carbocycles. The van der Waals surface area contributed by atoms with Crippen LogP contribution in [0, 0.1) is 49.4 Å². The summed E-state index contributed by atoms with van der Waals surface area (Å²) in [4.78, 5) is 40.1. The van der Waals surface area contributed by atoms with E-state index in [0.29, 0.717) is 27.9 Å². The molecule has 8 heteroatoms. The predicted molar refractivity (Wildman–Crippen MR) is 101 cm³/mol. The van der Waals surface area contributed by atoms with Gasteiger partial charge in [-0.25, -0.2) is 0 Å². The number of nitrogens with zero attached hydrogens (tertiary/aromatic N) is 2. The van der Waals surface area contributed by atoms with Crippen LogP contribution in [0.1, 0.15) is 17.5 Å². The number of hydrogen-bond donors (Lipinski definition) is 0. The minimum absolute atomic E-state index is 0.0292. The summed E-state index contributed by atoms with van der Waals surface area (Å²) in [6.07, 6.45) is -0.135. The summed E-state index contributed by atoms with van der Waals surface area (Å²) in [6.45, 7) is 2.48. The molecular formula is C22H21F3N2O3. The van der Waals surface area contributed by atoms with E-state index in [1.54, 1.807) is 32.0 Å². The van der Waals surface area contributed by atoms with E-state index >= 15 is 0 Å². The van der Waals surface area contributed by atoms with E-state index < -0.39 is 42.4 Å². The maximum Gasteiger partial charge on any atom is 0.471 e. The number of rotatable bonds is 3. The first-order valence-electron chi connectivity index (χ1n) is 10.1. The first-order valence-corrected chi connectivity index (χ1v) is 10.1. The molecule has 5 aliphatic rings. The smallest absolute Gasteiger partial charge is 0.285 e. The second-order valence-corrected chi connectivity index (χ2v) is 8.87. The van der Waals surface area contributed by atoms with Crippen LogP contribution in [0.3, 0.4) is 0 Å². The highest BCUT2D eigenvalue weighted by Crippen LogP contribution is 2.65. The highest BCUT2D eigenvalue weighted by atomic mass is 19.4. The molecule has 5 nitrogen and oxygen atoms in total. The van der Waals surface area contributed by atoms with Gasteiger partial charge in [0.1, 0.15) is 6.67 Å². The van der Waals surface area contributed by atoms with Gasteiger partial charge in [0, 0.05) is 0 Å². The molecule has 3 fully saturated rings. The summed E-state index contributed by atoms with van der Waals surface area (Å²) >= 11 is 0. The number of likely N-dealkylation sites (tertiary alicyclic amines) is 1. The van der Waals surface area contributed by atoms with E-state index in [1.807, 2.05) is 12.2 Å². The number of aryl methyl sites for hydroxylation is 2. The number of allylic oxidation sites excluding steroid dienone is 2. The molecule has 0 radical (unpaired) electrons. The average molecular weight is 418 g/mol. The first kappa shape index (κ1) is 19.3. The van der Waals surface area contributed by atoms with Crippen molar-refractivity contribution in [1.29, 1.82) is 0 Å². The number of para-hydroxylation sites is 1. The zero-order valence-electron chi connectivity index (χ0n) is 16.5. The van der Waals surface area contributed by atoms with E-state index in [4.69, 9.17) is 0 Å². The average Bonchev–Trinajstić information content (AvgIpc) is 3.46. The predicted octanol–water partition coefficient (Wildman–Crippen LogP) is 3.21. The third-order valence-corrected chi connectivity index (χ3v) is 7.23. The zero-order valence-corrected chi connectivity index (χ0v) is 16.5. The molecule has 158 valence electrons. The van der Waals surface area contributed by atoms with Crippen molar-refractivity contribution in [3.05, 3.63) is 41.5 Å². The molecule has 1 heterocycles. The number of carbonyl (C=O) groups is 3. The lowest BCUT2D eigenvalue weighted by molar-refractivity contribution is -0.171. The van der Waals surface area contributed by atoms with Crippen molar-refractivity contribution in [2.75, 3.05) is 11.6 Å². The van der Waals surface area contributed by atoms with Gasteiger partial charge in [-0.05, 0) is 55.1 Å². The summed E-state index contributed by atoms with van der Waals surface area (Å²) in [6, 6.07) is 4.88. The van der Waals surface area contributed by atoms with Crippen molar-refractivity contribution in [2.45, 2.75) is 26.4 Å². The van der Waals surface area contributed by atoms with Gasteiger partial charge in [-0.2, -0.15) is 13.2 Å². The lowest BCUT2D eigenvalue weighted by Crippen LogP contribution is -2.50. The van der Waals surface area contributed by atoms with Crippen LogP contribution < -0.4 is 4.90 Å². The van der Waals surface area contributed by atoms with Gasteiger partial charge in [0.05, 0.1) is 17.5 Å². The SMILES string of the molecule is Cc1cccc(C)c1N(CN1C(=O)[C@@H]2[C@H]3C=C[C@@H]([C@@H]4C[C@H]34)[C@H]2C1=O)C(=O)C(F)(F)F. The third kappa shape index (κ3) is 2.58. The molecule has 30 heavy (non-hydrogen) atoms. The molecule has 0 spiro atoms. The number of imide groups is 1. The molecule has 0 aromatic heterocycles. The van der Waals surface area contributed by atoms with Crippen LogP contribution in [0.15, 0.2) is 30.4 Å². The number of amides is 3. The van der Waals surface area contributed by atoms with Gasteiger partial charge in [0.25, 0.3) is 0 Å². The molecule has 1 aromatic carbocycles. The normalized spacial score (nSPS) is 33.6. The summed E-state index contributed by atoms with van der Waals surface area (Å²) in [5.41, 5.74) is 1.01. The van der Waals surface area contributed by atoms with Gasteiger partial charge in [-0.15, -0.1) is 0 Å². The first-order chi connectivity index (χ1) is 14.1. The molecule has 3 amide bonds. The molecule has 0 unspecified atom stereocenters. The minimum atomic E-state index is -5.13. The van der Waals surface area contributed by atoms with E-state index in [-0.39, 0.29) is 17.5 Å². The molecule has 1 aliphatic heterocycles. The standard InChI is InChI=1S/C22H21F3N2O3/c1-10-4-3-5-11(2)18(10)26(21(30)22(23,24)25)9-27-19(28)16-12-6-7-13(15-8-14(12)15)17(16)20(27)29/h3-7,12-17H,8-9H2,1-2H3/t12-,13-,14-,15+,16+,17+/m0/s1. The van der Waals surface area contributed by atoms with E-state index in [9.17, 15) is 27.6 Å². The second-order valence-electron chi connectivity index (χ2n) is 8.87. The third-order valence-electron chi connectivity index (χ3n) is 7.23. The number of benzene rings is 1. The molecule has 0 N–H and O–H groups in total. The Kier molecular flexibility index (Phi) is 3.98. The quantitative estimate of drug-likeness (QED) is 0.560. The highest BCUT2D eigenvalue weighted by Gasteiger charge is 2.67. The van der Waals surface area contributed by atoms with Gasteiger partial charge in [0.2, 0.25) is 11.8 Å². The number of carbonyl (C=O) groups excluding carboxylic acids is 3. The van der Waals surface area contributed by atoms with Crippen LogP contribution in [0.2, 0.25) is 0 Å². The lowest BCUT2D eigenvalue weighted by atomic mass is 9.63. The Hall–Kier alpha value is -2.64. The molecule has 6 rings (SSSR count). The number of halogens is 3. The van der Waals surface area contributed by atoms with Crippen LogP contribution in [0.25, 0.3) is 0 Å². The van der Waals surface area contributed by atoms with Crippen molar-refractivity contribution >= 4 is 23.4 Å². The van der Waals surface area contributed by atoms with Crippen molar-refractivity contribution in [2.24, 2.45) is 35.5 Å². The summed E-state index contributed by atoms with van der Waals surface area (Å²) in [7, 11) is 0. The van der Waals surface area contributed by atoms with Crippen LogP contribution in [-0.4, -0.2) is 35.5 Å². The second kappa shape index (κ2) is 6.18. The number of anilines is 1. The number of alkyl halides is 3. The highest BCUT2D eigenvalue weighted by molar-refractivity contribution is 6.08.